The zero-order valence-electron chi connectivity index (χ0n) is 12.2. The fourth-order valence-corrected chi connectivity index (χ4v) is 2.49. The van der Waals surface area contributed by atoms with Crippen molar-refractivity contribution >= 4 is 0 Å². The van der Waals surface area contributed by atoms with Crippen molar-refractivity contribution in [2.75, 3.05) is 26.9 Å². The number of nitrogens with zero attached hydrogens (tertiary/aromatic N) is 3. The predicted octanol–water partition coefficient (Wildman–Crippen LogP) is 0.866. The number of hydrogen-bond donors (Lipinski definition) is 1. The van der Waals surface area contributed by atoms with E-state index in [9.17, 15) is 0 Å². The smallest absolute Gasteiger partial charge is 0.138 e. The molecule has 2 heterocycles. The maximum atomic E-state index is 5.48. The molecule has 1 aromatic heterocycles. The topological polar surface area (TPSA) is 61.2 Å². The largest absolute Gasteiger partial charge is 0.497 e. The third-order valence-electron chi connectivity index (χ3n) is 3.59. The number of aromatic nitrogens is 3. The van der Waals surface area contributed by atoms with Crippen LogP contribution in [0.2, 0.25) is 0 Å². The average Bonchev–Trinajstić information content (AvgIpc) is 2.95. The van der Waals surface area contributed by atoms with Crippen LogP contribution in [-0.2, 0) is 17.7 Å². The second-order valence-electron chi connectivity index (χ2n) is 5.12. The highest BCUT2D eigenvalue weighted by Gasteiger charge is 2.16. The van der Waals surface area contributed by atoms with Crippen LogP contribution < -0.4 is 10.1 Å². The molecular formula is C15H20N4O2. The molecule has 6 heteroatoms. The molecule has 1 fully saturated rings. The molecule has 0 spiro atoms. The highest BCUT2D eigenvalue weighted by Crippen LogP contribution is 2.14. The molecule has 1 N–H and O–H groups in total. The van der Waals surface area contributed by atoms with E-state index in [1.165, 1.54) is 0 Å². The van der Waals surface area contributed by atoms with Gasteiger partial charge < -0.3 is 14.8 Å². The molecule has 1 aliphatic rings. The Morgan fingerprint density at radius 3 is 3.24 bits per heavy atom. The summed E-state index contributed by atoms with van der Waals surface area (Å²) in [6, 6.07) is 8.33. The Kier molecular flexibility index (Phi) is 4.47. The van der Waals surface area contributed by atoms with Crippen LogP contribution in [0.15, 0.2) is 30.6 Å². The molecule has 0 bridgehead atoms. The van der Waals surface area contributed by atoms with Crippen LogP contribution in [0.1, 0.15) is 11.4 Å². The minimum absolute atomic E-state index is 0.312. The van der Waals surface area contributed by atoms with Gasteiger partial charge in [0.1, 0.15) is 17.9 Å². The minimum Gasteiger partial charge on any atom is -0.497 e. The lowest BCUT2D eigenvalue weighted by Gasteiger charge is -2.23. The van der Waals surface area contributed by atoms with E-state index in [0.717, 1.165) is 43.3 Å². The molecule has 0 amide bonds. The van der Waals surface area contributed by atoms with E-state index in [0.29, 0.717) is 12.6 Å². The molecule has 1 aromatic carbocycles. The van der Waals surface area contributed by atoms with Crippen molar-refractivity contribution in [3.05, 3.63) is 42.0 Å². The van der Waals surface area contributed by atoms with Gasteiger partial charge in [0, 0.05) is 19.0 Å². The van der Waals surface area contributed by atoms with E-state index < -0.39 is 0 Å². The summed E-state index contributed by atoms with van der Waals surface area (Å²) in [5, 5.41) is 7.77. The number of ether oxygens (including phenoxy) is 2. The Morgan fingerprint density at radius 1 is 1.48 bits per heavy atom. The van der Waals surface area contributed by atoms with Crippen LogP contribution in [0.25, 0.3) is 0 Å². The monoisotopic (exact) mass is 288 g/mol. The summed E-state index contributed by atoms with van der Waals surface area (Å²) in [5.74, 6) is 1.83. The molecule has 21 heavy (non-hydrogen) atoms. The van der Waals surface area contributed by atoms with Gasteiger partial charge in [0.15, 0.2) is 0 Å². The highest BCUT2D eigenvalue weighted by atomic mass is 16.5. The first-order chi connectivity index (χ1) is 10.3. The van der Waals surface area contributed by atoms with Gasteiger partial charge in [-0.15, -0.1) is 0 Å². The summed E-state index contributed by atoms with van der Waals surface area (Å²) in [5.41, 5.74) is 1.15. The van der Waals surface area contributed by atoms with Crippen molar-refractivity contribution in [1.29, 1.82) is 0 Å². The zero-order valence-corrected chi connectivity index (χ0v) is 12.2. The van der Waals surface area contributed by atoms with Gasteiger partial charge in [-0.05, 0) is 17.7 Å². The average molecular weight is 288 g/mol. The maximum absolute atomic E-state index is 5.48. The Morgan fingerprint density at radius 2 is 2.43 bits per heavy atom. The van der Waals surface area contributed by atoms with Gasteiger partial charge in [-0.3, -0.25) is 0 Å². The normalized spacial score (nSPS) is 18.6. The number of methoxy groups -OCH3 is 1. The highest BCUT2D eigenvalue weighted by molar-refractivity contribution is 5.28. The fraction of sp³-hybridized carbons (Fsp3) is 0.467. The van der Waals surface area contributed by atoms with Crippen molar-refractivity contribution in [3.63, 3.8) is 0 Å². The lowest BCUT2D eigenvalue weighted by Crippen LogP contribution is -2.43. The van der Waals surface area contributed by atoms with Gasteiger partial charge in [-0.2, -0.15) is 5.10 Å². The van der Waals surface area contributed by atoms with E-state index in [2.05, 4.69) is 21.5 Å². The standard InChI is InChI=1S/C15H20N4O2/c1-20-14-4-2-3-12(7-14)9-19-15(17-11-18-19)8-13-10-21-6-5-16-13/h2-4,7,11,13,16H,5-6,8-10H2,1H3. The van der Waals surface area contributed by atoms with Gasteiger partial charge >= 0.3 is 0 Å². The molecule has 1 atom stereocenters. The Bertz CT molecular complexity index is 579. The van der Waals surface area contributed by atoms with Gasteiger partial charge in [0.05, 0.1) is 26.9 Å². The van der Waals surface area contributed by atoms with Crippen LogP contribution >= 0.6 is 0 Å². The van der Waals surface area contributed by atoms with Crippen molar-refractivity contribution in [3.8, 4) is 5.75 Å². The van der Waals surface area contributed by atoms with E-state index in [1.54, 1.807) is 13.4 Å². The zero-order chi connectivity index (χ0) is 14.5. The minimum atomic E-state index is 0.312. The lowest BCUT2D eigenvalue weighted by molar-refractivity contribution is 0.0761. The molecule has 1 saturated heterocycles. The Balaban J connectivity index is 1.69. The first kappa shape index (κ1) is 14.0. The number of morpholine rings is 1. The summed E-state index contributed by atoms with van der Waals surface area (Å²) in [6.07, 6.45) is 2.43. The molecule has 3 rings (SSSR count). The van der Waals surface area contributed by atoms with Crippen molar-refractivity contribution in [2.24, 2.45) is 0 Å². The molecule has 1 unspecified atom stereocenters. The molecule has 0 radical (unpaired) electrons. The summed E-state index contributed by atoms with van der Waals surface area (Å²) >= 11 is 0. The number of rotatable bonds is 5. The van der Waals surface area contributed by atoms with Crippen LogP contribution in [0.5, 0.6) is 5.75 Å². The van der Waals surface area contributed by atoms with Crippen molar-refractivity contribution in [2.45, 2.75) is 19.0 Å². The van der Waals surface area contributed by atoms with Crippen molar-refractivity contribution < 1.29 is 9.47 Å². The van der Waals surface area contributed by atoms with Crippen LogP contribution in [-0.4, -0.2) is 47.7 Å². The molecular weight excluding hydrogens is 268 g/mol. The predicted molar refractivity (Wildman–Crippen MR) is 78.4 cm³/mol. The van der Waals surface area contributed by atoms with Gasteiger partial charge in [0.2, 0.25) is 0 Å². The molecule has 6 nitrogen and oxygen atoms in total. The number of hydrogen-bond acceptors (Lipinski definition) is 5. The number of nitrogens with one attached hydrogen (secondary N) is 1. The quantitative estimate of drug-likeness (QED) is 0.884. The van der Waals surface area contributed by atoms with E-state index in [-0.39, 0.29) is 0 Å². The van der Waals surface area contributed by atoms with Crippen LogP contribution in [0.4, 0.5) is 0 Å². The van der Waals surface area contributed by atoms with Gasteiger partial charge in [-0.1, -0.05) is 12.1 Å². The summed E-state index contributed by atoms with van der Waals surface area (Å²) in [4.78, 5) is 4.37. The first-order valence-corrected chi connectivity index (χ1v) is 7.16. The molecule has 1 aliphatic heterocycles. The summed E-state index contributed by atoms with van der Waals surface area (Å²) < 4.78 is 12.7. The second-order valence-corrected chi connectivity index (χ2v) is 5.12. The third-order valence-corrected chi connectivity index (χ3v) is 3.59. The molecule has 0 saturated carbocycles. The molecule has 0 aliphatic carbocycles. The SMILES string of the molecule is COc1cccc(Cn2ncnc2CC2COCCN2)c1. The summed E-state index contributed by atoms with van der Waals surface area (Å²) in [6.45, 7) is 3.10. The molecule has 2 aromatic rings. The first-order valence-electron chi connectivity index (χ1n) is 7.16. The van der Waals surface area contributed by atoms with Crippen LogP contribution in [0, 0.1) is 0 Å². The van der Waals surface area contributed by atoms with E-state index >= 15 is 0 Å². The van der Waals surface area contributed by atoms with Gasteiger partial charge in [0.25, 0.3) is 0 Å². The Hall–Kier alpha value is -1.92. The van der Waals surface area contributed by atoms with E-state index in [4.69, 9.17) is 9.47 Å². The summed E-state index contributed by atoms with van der Waals surface area (Å²) in [7, 11) is 1.68. The third kappa shape index (κ3) is 3.59. The van der Waals surface area contributed by atoms with Crippen molar-refractivity contribution in [1.82, 2.24) is 20.1 Å². The second kappa shape index (κ2) is 6.69. The fourth-order valence-electron chi connectivity index (χ4n) is 2.49. The van der Waals surface area contributed by atoms with E-state index in [1.807, 2.05) is 22.9 Å². The molecule has 112 valence electrons. The number of benzene rings is 1. The van der Waals surface area contributed by atoms with Crippen LogP contribution in [0.3, 0.4) is 0 Å². The maximum Gasteiger partial charge on any atom is 0.138 e. The van der Waals surface area contributed by atoms with Gasteiger partial charge in [-0.25, -0.2) is 9.67 Å². The lowest BCUT2D eigenvalue weighted by atomic mass is 10.2. The Labute approximate surface area is 124 Å².